The van der Waals surface area contributed by atoms with Crippen LogP contribution >= 0.6 is 0 Å². The highest BCUT2D eigenvalue weighted by Crippen LogP contribution is 2.42. The summed E-state index contributed by atoms with van der Waals surface area (Å²) in [7, 11) is 0. The van der Waals surface area contributed by atoms with Gasteiger partial charge in [0.05, 0.1) is 12.0 Å². The second-order valence-corrected chi connectivity index (χ2v) is 6.58. The molecule has 1 aliphatic heterocycles. The van der Waals surface area contributed by atoms with E-state index >= 15 is 0 Å². The first-order chi connectivity index (χ1) is 10.9. The fourth-order valence-corrected chi connectivity index (χ4v) is 3.18. The lowest BCUT2D eigenvalue weighted by Crippen LogP contribution is -2.44. The molecule has 4 rings (SSSR count). The molecule has 23 heavy (non-hydrogen) atoms. The van der Waals surface area contributed by atoms with Crippen LogP contribution in [0.15, 0.2) is 12.3 Å². The summed E-state index contributed by atoms with van der Waals surface area (Å²) in [4.78, 5) is 8.93. The smallest absolute Gasteiger partial charge is 0.167 e. The summed E-state index contributed by atoms with van der Waals surface area (Å²) in [6, 6.07) is 1.76. The number of aliphatic hydroxyl groups is 3. The number of nitrogens with zero attached hydrogens (tertiary/aromatic N) is 3. The number of nitrogen functional groups attached to an aromatic ring is 1. The van der Waals surface area contributed by atoms with E-state index in [1.54, 1.807) is 16.8 Å². The first kappa shape index (κ1) is 14.8. The Kier molecular flexibility index (Phi) is 3.14. The van der Waals surface area contributed by atoms with Gasteiger partial charge >= 0.3 is 0 Å². The maximum Gasteiger partial charge on any atom is 0.167 e. The molecule has 1 saturated carbocycles. The minimum absolute atomic E-state index is 0.339. The number of ether oxygens (including phenoxy) is 1. The Morgan fingerprint density at radius 2 is 2.17 bits per heavy atom. The summed E-state index contributed by atoms with van der Waals surface area (Å²) in [5, 5.41) is 30.8. The predicted molar refractivity (Wildman–Crippen MR) is 81.5 cm³/mol. The summed E-state index contributed by atoms with van der Waals surface area (Å²) in [5.41, 5.74) is 5.03. The van der Waals surface area contributed by atoms with Gasteiger partial charge in [0.25, 0.3) is 0 Å². The zero-order valence-electron chi connectivity index (χ0n) is 12.8. The van der Waals surface area contributed by atoms with Crippen LogP contribution in [0, 0.1) is 0 Å². The van der Waals surface area contributed by atoms with Crippen molar-refractivity contribution in [1.82, 2.24) is 14.5 Å². The van der Waals surface area contributed by atoms with Crippen LogP contribution < -0.4 is 5.73 Å². The Hall–Kier alpha value is -1.74. The summed E-state index contributed by atoms with van der Waals surface area (Å²) in [6.07, 6.45) is 0.890. The van der Waals surface area contributed by atoms with E-state index in [0.717, 1.165) is 12.8 Å². The van der Waals surface area contributed by atoms with Crippen molar-refractivity contribution in [3.05, 3.63) is 18.1 Å². The summed E-state index contributed by atoms with van der Waals surface area (Å²) in [5.74, 6) is 1.44. The minimum Gasteiger partial charge on any atom is -0.394 e. The number of aromatic nitrogens is 3. The fourth-order valence-electron chi connectivity index (χ4n) is 3.18. The first-order valence-electron chi connectivity index (χ1n) is 7.74. The van der Waals surface area contributed by atoms with Gasteiger partial charge in [0.15, 0.2) is 6.23 Å². The molecule has 0 aromatic carbocycles. The van der Waals surface area contributed by atoms with Crippen molar-refractivity contribution in [3.63, 3.8) is 0 Å². The topological polar surface area (TPSA) is 127 Å². The van der Waals surface area contributed by atoms with E-state index in [9.17, 15) is 15.3 Å². The van der Waals surface area contributed by atoms with E-state index in [1.165, 1.54) is 6.92 Å². The van der Waals surface area contributed by atoms with Crippen LogP contribution in [0.4, 0.5) is 5.82 Å². The van der Waals surface area contributed by atoms with E-state index in [1.807, 2.05) is 0 Å². The molecule has 5 N–H and O–H groups in total. The van der Waals surface area contributed by atoms with E-state index in [-0.39, 0.29) is 6.61 Å². The molecule has 8 nitrogen and oxygen atoms in total. The molecule has 4 atom stereocenters. The average molecular weight is 320 g/mol. The molecular formula is C15H20N4O4. The Bertz CT molecular complexity index is 755. The van der Waals surface area contributed by atoms with Crippen LogP contribution in [-0.2, 0) is 4.74 Å². The highest BCUT2D eigenvalue weighted by atomic mass is 16.6. The number of rotatable bonds is 3. The third-order valence-corrected chi connectivity index (χ3v) is 4.75. The Balaban J connectivity index is 1.82. The number of fused-ring (bicyclic) bond motifs is 1. The summed E-state index contributed by atoms with van der Waals surface area (Å²) in [6.45, 7) is 1.10. The molecule has 0 bridgehead atoms. The van der Waals surface area contributed by atoms with Gasteiger partial charge < -0.3 is 30.4 Å². The molecule has 0 amide bonds. The van der Waals surface area contributed by atoms with Gasteiger partial charge in [-0.3, -0.25) is 0 Å². The van der Waals surface area contributed by atoms with Crippen LogP contribution in [-0.4, -0.2) is 54.3 Å². The Morgan fingerprint density at radius 3 is 2.78 bits per heavy atom. The molecule has 3 heterocycles. The second kappa shape index (κ2) is 4.88. The lowest BCUT2D eigenvalue weighted by Gasteiger charge is -2.27. The van der Waals surface area contributed by atoms with E-state index in [0.29, 0.717) is 28.6 Å². The van der Waals surface area contributed by atoms with Gasteiger partial charge in [-0.15, -0.1) is 0 Å². The van der Waals surface area contributed by atoms with Crippen LogP contribution in [0.5, 0.6) is 0 Å². The van der Waals surface area contributed by atoms with E-state index < -0.39 is 24.0 Å². The van der Waals surface area contributed by atoms with Crippen molar-refractivity contribution < 1.29 is 20.1 Å². The molecule has 124 valence electrons. The maximum atomic E-state index is 10.6. The van der Waals surface area contributed by atoms with Crippen molar-refractivity contribution in [1.29, 1.82) is 0 Å². The SMILES string of the molecule is C[C@@]1(O)[C@H](O)[C@@H](CO)O[C@H]1n1ccc2c(N)nc(C3CC3)nc21. The van der Waals surface area contributed by atoms with Crippen LogP contribution in [0.1, 0.15) is 37.7 Å². The zero-order valence-corrected chi connectivity index (χ0v) is 12.8. The minimum atomic E-state index is -1.56. The lowest BCUT2D eigenvalue weighted by atomic mass is 9.96. The van der Waals surface area contributed by atoms with E-state index in [4.69, 9.17) is 10.5 Å². The quantitative estimate of drug-likeness (QED) is 0.621. The third kappa shape index (κ3) is 2.13. The van der Waals surface area contributed by atoms with Crippen LogP contribution in [0.3, 0.4) is 0 Å². The third-order valence-electron chi connectivity index (χ3n) is 4.75. The molecule has 2 aromatic heterocycles. The van der Waals surface area contributed by atoms with Crippen LogP contribution in [0.2, 0.25) is 0 Å². The summed E-state index contributed by atoms with van der Waals surface area (Å²) < 4.78 is 7.31. The highest BCUT2D eigenvalue weighted by Gasteiger charge is 2.53. The van der Waals surface area contributed by atoms with Gasteiger partial charge in [-0.1, -0.05) is 0 Å². The number of aliphatic hydroxyl groups excluding tert-OH is 2. The predicted octanol–water partition coefficient (Wildman–Crippen LogP) is -0.108. The first-order valence-corrected chi connectivity index (χ1v) is 7.74. The molecule has 2 aromatic rings. The standard InChI is InChI=1S/C15H20N4O4/c1-15(22)10(21)9(6-20)23-14(15)19-5-4-8-11(16)17-12(7-2-3-7)18-13(8)19/h4-5,7,9-10,14,20-22H,2-3,6H2,1H3,(H2,16,17,18)/t9-,10-,14-,15-/m1/s1. The van der Waals surface area contributed by atoms with Crippen molar-refractivity contribution in [2.24, 2.45) is 0 Å². The Labute approximate surface area is 132 Å². The van der Waals surface area contributed by atoms with Gasteiger partial charge in [0, 0.05) is 12.1 Å². The molecule has 2 aliphatic rings. The number of anilines is 1. The maximum absolute atomic E-state index is 10.6. The number of nitrogens with two attached hydrogens (primary N) is 1. The van der Waals surface area contributed by atoms with Crippen LogP contribution in [0.25, 0.3) is 11.0 Å². The van der Waals surface area contributed by atoms with Crippen molar-refractivity contribution in [3.8, 4) is 0 Å². The normalized spacial score (nSPS) is 34.3. The van der Waals surface area contributed by atoms with Gasteiger partial charge in [-0.25, -0.2) is 9.97 Å². The molecule has 1 aliphatic carbocycles. The molecule has 1 saturated heterocycles. The highest BCUT2D eigenvalue weighted by molar-refractivity contribution is 5.86. The van der Waals surface area contributed by atoms with Crippen molar-refractivity contribution >= 4 is 16.9 Å². The second-order valence-electron chi connectivity index (χ2n) is 6.58. The molecular weight excluding hydrogens is 300 g/mol. The van der Waals surface area contributed by atoms with E-state index in [2.05, 4.69) is 9.97 Å². The molecule has 0 unspecified atom stereocenters. The fraction of sp³-hybridized carbons (Fsp3) is 0.600. The van der Waals surface area contributed by atoms with Crippen molar-refractivity contribution in [2.75, 3.05) is 12.3 Å². The van der Waals surface area contributed by atoms with Gasteiger partial charge in [-0.2, -0.15) is 0 Å². The number of hydrogen-bond donors (Lipinski definition) is 4. The monoisotopic (exact) mass is 320 g/mol. The largest absolute Gasteiger partial charge is 0.394 e. The Morgan fingerprint density at radius 1 is 1.43 bits per heavy atom. The molecule has 8 heteroatoms. The molecule has 0 radical (unpaired) electrons. The van der Waals surface area contributed by atoms with Crippen molar-refractivity contribution in [2.45, 2.75) is 49.7 Å². The lowest BCUT2D eigenvalue weighted by molar-refractivity contribution is -0.0948. The summed E-state index contributed by atoms with van der Waals surface area (Å²) >= 11 is 0. The molecule has 2 fully saturated rings. The molecule has 0 spiro atoms. The van der Waals surface area contributed by atoms with Gasteiger partial charge in [0.1, 0.15) is 35.1 Å². The average Bonchev–Trinajstić information content (AvgIpc) is 3.24. The number of hydrogen-bond acceptors (Lipinski definition) is 7. The zero-order chi connectivity index (χ0) is 16.4. The van der Waals surface area contributed by atoms with Gasteiger partial charge in [0.2, 0.25) is 0 Å². The van der Waals surface area contributed by atoms with Gasteiger partial charge in [-0.05, 0) is 25.8 Å².